The highest BCUT2D eigenvalue weighted by Gasteiger charge is 2.63. The van der Waals surface area contributed by atoms with E-state index >= 15 is 0 Å². The highest BCUT2D eigenvalue weighted by Crippen LogP contribution is 2.55. The summed E-state index contributed by atoms with van der Waals surface area (Å²) in [5.74, 6) is -0.267. The molecule has 164 valence electrons. The van der Waals surface area contributed by atoms with Gasteiger partial charge < -0.3 is 9.30 Å². The highest BCUT2D eigenvalue weighted by atomic mass is 79.9. The van der Waals surface area contributed by atoms with Gasteiger partial charge in [-0.1, -0.05) is 64.5 Å². The summed E-state index contributed by atoms with van der Waals surface area (Å²) in [4.78, 5) is 13.7. The first-order chi connectivity index (χ1) is 16.1. The molecule has 0 amide bonds. The Morgan fingerprint density at radius 2 is 1.82 bits per heavy atom. The Morgan fingerprint density at radius 1 is 1.06 bits per heavy atom. The predicted molar refractivity (Wildman–Crippen MR) is 133 cm³/mol. The number of halogens is 1. The van der Waals surface area contributed by atoms with Gasteiger partial charge >= 0.3 is 5.97 Å². The Balaban J connectivity index is 1.67. The average Bonchev–Trinajstić information content (AvgIpc) is 3.44. The lowest BCUT2D eigenvalue weighted by Crippen LogP contribution is -2.44. The summed E-state index contributed by atoms with van der Waals surface area (Å²) in [6.45, 7) is 2.59. The normalized spacial score (nSPS) is 21.1. The van der Waals surface area contributed by atoms with Crippen LogP contribution in [-0.4, -0.2) is 23.4 Å². The molecule has 0 saturated carbocycles. The summed E-state index contributed by atoms with van der Waals surface area (Å²) >= 11 is 3.62. The van der Waals surface area contributed by atoms with Crippen molar-refractivity contribution in [3.05, 3.63) is 100 Å². The van der Waals surface area contributed by atoms with Crippen molar-refractivity contribution in [1.82, 2.24) is 4.57 Å². The van der Waals surface area contributed by atoms with E-state index in [0.717, 1.165) is 38.2 Å². The van der Waals surface area contributed by atoms with Crippen molar-refractivity contribution in [2.24, 2.45) is 10.5 Å². The lowest BCUT2D eigenvalue weighted by atomic mass is 9.74. The Bertz CT molecular complexity index is 1440. The number of aryl methyl sites for hydroxylation is 1. The molecule has 0 radical (unpaired) electrons. The molecular formula is C27H22BrN3O2. The molecule has 1 aromatic heterocycles. The smallest absolute Gasteiger partial charge is 0.322 e. The third-order valence-corrected chi connectivity index (χ3v) is 7.43. The van der Waals surface area contributed by atoms with Crippen LogP contribution in [0.3, 0.4) is 0 Å². The molecule has 4 aromatic rings. The first-order valence-corrected chi connectivity index (χ1v) is 11.7. The minimum atomic E-state index is -0.963. The fraction of sp³-hybridized carbons (Fsp3) is 0.185. The SMILES string of the molecule is COC(=O)[C@@]12Cn3c(c(C)c4ccccc43)C1=NN(c1ccccc1)[C@@H]2c1cccc(Br)c1. The van der Waals surface area contributed by atoms with Gasteiger partial charge in [0.2, 0.25) is 0 Å². The molecule has 3 aromatic carbocycles. The van der Waals surface area contributed by atoms with E-state index in [2.05, 4.69) is 57.8 Å². The Morgan fingerprint density at radius 3 is 2.58 bits per heavy atom. The van der Waals surface area contributed by atoms with E-state index in [-0.39, 0.29) is 12.0 Å². The number of rotatable bonds is 3. The summed E-state index contributed by atoms with van der Waals surface area (Å²) < 4.78 is 8.69. The van der Waals surface area contributed by atoms with Crippen LogP contribution in [0.4, 0.5) is 5.69 Å². The van der Waals surface area contributed by atoms with Crippen LogP contribution in [0.5, 0.6) is 0 Å². The Kier molecular flexibility index (Phi) is 4.49. The molecule has 0 saturated heterocycles. The lowest BCUT2D eigenvalue weighted by Gasteiger charge is -2.34. The van der Waals surface area contributed by atoms with Crippen molar-refractivity contribution < 1.29 is 9.53 Å². The van der Waals surface area contributed by atoms with Crippen LogP contribution >= 0.6 is 15.9 Å². The number of fused-ring (bicyclic) bond motifs is 5. The molecule has 33 heavy (non-hydrogen) atoms. The van der Waals surface area contributed by atoms with Gasteiger partial charge in [0, 0.05) is 21.9 Å². The second-order valence-corrected chi connectivity index (χ2v) is 9.54. The van der Waals surface area contributed by atoms with E-state index in [9.17, 15) is 4.79 Å². The van der Waals surface area contributed by atoms with Crippen LogP contribution in [0.25, 0.3) is 10.9 Å². The number of hydrogen-bond acceptors (Lipinski definition) is 4. The van der Waals surface area contributed by atoms with Gasteiger partial charge in [0.05, 0.1) is 18.5 Å². The van der Waals surface area contributed by atoms with Crippen molar-refractivity contribution in [3.8, 4) is 0 Å². The van der Waals surface area contributed by atoms with Crippen molar-refractivity contribution in [2.75, 3.05) is 12.1 Å². The maximum Gasteiger partial charge on any atom is 0.322 e. The molecule has 5 nitrogen and oxygen atoms in total. The first kappa shape index (κ1) is 20.2. The molecule has 0 unspecified atom stereocenters. The fourth-order valence-corrected chi connectivity index (χ4v) is 5.97. The van der Waals surface area contributed by atoms with Gasteiger partial charge in [-0.3, -0.25) is 9.80 Å². The summed E-state index contributed by atoms with van der Waals surface area (Å²) in [5.41, 5.74) is 5.02. The monoisotopic (exact) mass is 499 g/mol. The molecular weight excluding hydrogens is 478 g/mol. The highest BCUT2D eigenvalue weighted by molar-refractivity contribution is 9.10. The third-order valence-electron chi connectivity index (χ3n) is 6.93. The number of para-hydroxylation sites is 2. The number of anilines is 1. The molecule has 0 N–H and O–H groups in total. The number of hydrogen-bond donors (Lipinski definition) is 0. The largest absolute Gasteiger partial charge is 0.468 e. The maximum atomic E-state index is 13.7. The van der Waals surface area contributed by atoms with Gasteiger partial charge in [-0.15, -0.1) is 0 Å². The van der Waals surface area contributed by atoms with Crippen molar-refractivity contribution >= 4 is 44.2 Å². The van der Waals surface area contributed by atoms with Crippen LogP contribution in [-0.2, 0) is 16.1 Å². The van der Waals surface area contributed by atoms with E-state index in [1.54, 1.807) is 0 Å². The predicted octanol–water partition coefficient (Wildman–Crippen LogP) is 5.85. The summed E-state index contributed by atoms with van der Waals surface area (Å²) in [6.07, 6.45) is 0. The second-order valence-electron chi connectivity index (χ2n) is 8.63. The average molecular weight is 500 g/mol. The van der Waals surface area contributed by atoms with Crippen molar-refractivity contribution in [2.45, 2.75) is 19.5 Å². The number of esters is 1. The number of benzene rings is 3. The Hall–Kier alpha value is -3.38. The number of carbonyl (C=O) groups is 1. The van der Waals surface area contributed by atoms with Crippen LogP contribution < -0.4 is 5.01 Å². The van der Waals surface area contributed by atoms with E-state index in [1.165, 1.54) is 12.5 Å². The molecule has 2 atom stereocenters. The maximum absolute atomic E-state index is 13.7. The summed E-state index contributed by atoms with van der Waals surface area (Å²) in [6, 6.07) is 26.2. The van der Waals surface area contributed by atoms with E-state index in [1.807, 2.05) is 53.5 Å². The fourth-order valence-electron chi connectivity index (χ4n) is 5.55. The topological polar surface area (TPSA) is 46.8 Å². The van der Waals surface area contributed by atoms with Gasteiger partial charge in [-0.25, -0.2) is 0 Å². The molecule has 6 heteroatoms. The van der Waals surface area contributed by atoms with E-state index in [4.69, 9.17) is 9.84 Å². The van der Waals surface area contributed by atoms with Crippen LogP contribution in [0.1, 0.15) is 22.9 Å². The third kappa shape index (κ3) is 2.70. The lowest BCUT2D eigenvalue weighted by molar-refractivity contribution is -0.149. The van der Waals surface area contributed by atoms with Gasteiger partial charge in [0.25, 0.3) is 0 Å². The van der Waals surface area contributed by atoms with Gasteiger partial charge in [-0.2, -0.15) is 5.10 Å². The Labute approximate surface area is 200 Å². The molecule has 2 aliphatic rings. The van der Waals surface area contributed by atoms with Crippen LogP contribution in [0, 0.1) is 12.3 Å². The number of nitrogens with zero attached hydrogens (tertiary/aromatic N) is 3. The molecule has 0 spiro atoms. The number of hydrazone groups is 1. The minimum Gasteiger partial charge on any atom is -0.468 e. The molecule has 0 fully saturated rings. The number of methoxy groups -OCH3 is 1. The number of ether oxygens (including phenoxy) is 1. The standard InChI is InChI=1S/C27H22BrN3O2/c1-17-21-13-6-7-14-22(21)30-16-27(26(32)33-2)24(23(17)30)29-31(20-11-4-3-5-12-20)25(27)18-9-8-10-19(28)15-18/h3-15,25H,16H2,1-2H3/t25-,27+/m1/s1. The molecule has 0 bridgehead atoms. The molecule has 0 aliphatic carbocycles. The van der Waals surface area contributed by atoms with Gasteiger partial charge in [0.1, 0.15) is 11.8 Å². The van der Waals surface area contributed by atoms with Crippen LogP contribution in [0.15, 0.2) is 88.4 Å². The minimum absolute atomic E-state index is 0.267. The zero-order valence-corrected chi connectivity index (χ0v) is 19.9. The second kappa shape index (κ2) is 7.32. The van der Waals surface area contributed by atoms with Crippen LogP contribution in [0.2, 0.25) is 0 Å². The summed E-state index contributed by atoms with van der Waals surface area (Å²) in [5, 5.41) is 8.34. The molecule has 3 heterocycles. The van der Waals surface area contributed by atoms with Crippen molar-refractivity contribution in [3.63, 3.8) is 0 Å². The zero-order valence-electron chi connectivity index (χ0n) is 18.3. The quantitative estimate of drug-likeness (QED) is 0.332. The van der Waals surface area contributed by atoms with Gasteiger partial charge in [-0.05, 0) is 48.4 Å². The van der Waals surface area contributed by atoms with Crippen molar-refractivity contribution in [1.29, 1.82) is 0 Å². The number of aromatic nitrogens is 1. The zero-order chi connectivity index (χ0) is 22.7. The number of carbonyl (C=O) groups excluding carboxylic acids is 1. The van der Waals surface area contributed by atoms with E-state index < -0.39 is 5.41 Å². The van der Waals surface area contributed by atoms with E-state index in [0.29, 0.717) is 6.54 Å². The molecule has 6 rings (SSSR count). The van der Waals surface area contributed by atoms with Gasteiger partial charge in [0.15, 0.2) is 5.41 Å². The molecule has 2 aliphatic heterocycles. The first-order valence-electron chi connectivity index (χ1n) is 10.9. The summed E-state index contributed by atoms with van der Waals surface area (Å²) in [7, 11) is 1.47.